The highest BCUT2D eigenvalue weighted by Crippen LogP contribution is 2.29. The molecule has 0 aromatic heterocycles. The van der Waals surface area contributed by atoms with Crippen LogP contribution in [0.1, 0.15) is 32.3 Å². The van der Waals surface area contributed by atoms with E-state index in [1.54, 1.807) is 0 Å². The molecule has 0 bridgehead atoms. The Hall–Kier alpha value is -0.300. The van der Waals surface area contributed by atoms with Crippen molar-refractivity contribution in [2.45, 2.75) is 31.5 Å². The van der Waals surface area contributed by atoms with Gasteiger partial charge in [-0.05, 0) is 17.4 Å². The van der Waals surface area contributed by atoms with Gasteiger partial charge in [0.25, 0.3) is 0 Å². The minimum absolute atomic E-state index is 0.572. The number of benzene rings is 1. The third-order valence-electron chi connectivity index (χ3n) is 2.84. The van der Waals surface area contributed by atoms with Gasteiger partial charge in [0.2, 0.25) is 0 Å². The summed E-state index contributed by atoms with van der Waals surface area (Å²) < 4.78 is 0. The van der Waals surface area contributed by atoms with Crippen LogP contribution in [0.5, 0.6) is 0 Å². The minimum atomic E-state index is 0.572. The van der Waals surface area contributed by atoms with Gasteiger partial charge in [0, 0.05) is 4.83 Å². The summed E-state index contributed by atoms with van der Waals surface area (Å²) in [6.07, 6.45) is 0. The van der Waals surface area contributed by atoms with Gasteiger partial charge in [-0.25, -0.2) is 0 Å². The van der Waals surface area contributed by atoms with Crippen LogP contribution in [0.4, 0.5) is 0 Å². The van der Waals surface area contributed by atoms with Crippen molar-refractivity contribution in [1.82, 2.24) is 0 Å². The zero-order valence-electron chi connectivity index (χ0n) is 8.50. The van der Waals surface area contributed by atoms with E-state index in [1.807, 2.05) is 0 Å². The molecule has 3 unspecified atom stereocenters. The molecule has 3 atom stereocenters. The predicted molar refractivity (Wildman–Crippen MR) is 62.4 cm³/mol. The van der Waals surface area contributed by atoms with Crippen LogP contribution >= 0.6 is 15.9 Å². The van der Waals surface area contributed by atoms with E-state index in [1.165, 1.54) is 5.56 Å². The molecule has 0 nitrogen and oxygen atoms in total. The SMILES string of the molecule is CC(Br)C(C)C(C)c1ccccc1. The van der Waals surface area contributed by atoms with Gasteiger partial charge in [-0.15, -0.1) is 0 Å². The van der Waals surface area contributed by atoms with Crippen molar-refractivity contribution >= 4 is 15.9 Å². The van der Waals surface area contributed by atoms with Crippen molar-refractivity contribution in [2.75, 3.05) is 0 Å². The summed E-state index contributed by atoms with van der Waals surface area (Å²) in [5.74, 6) is 1.29. The lowest BCUT2D eigenvalue weighted by molar-refractivity contribution is 0.489. The van der Waals surface area contributed by atoms with E-state index >= 15 is 0 Å². The van der Waals surface area contributed by atoms with Crippen molar-refractivity contribution in [3.05, 3.63) is 35.9 Å². The summed E-state index contributed by atoms with van der Waals surface area (Å²) >= 11 is 3.64. The Bertz CT molecular complexity index is 241. The zero-order valence-corrected chi connectivity index (χ0v) is 10.1. The fourth-order valence-corrected chi connectivity index (χ4v) is 1.92. The van der Waals surface area contributed by atoms with E-state index in [0.717, 1.165) is 0 Å². The molecule has 1 aromatic rings. The van der Waals surface area contributed by atoms with Crippen LogP contribution in [-0.2, 0) is 0 Å². The first kappa shape index (κ1) is 10.8. The molecule has 0 saturated carbocycles. The van der Waals surface area contributed by atoms with Crippen LogP contribution in [0.25, 0.3) is 0 Å². The van der Waals surface area contributed by atoms with E-state index < -0.39 is 0 Å². The first-order valence-electron chi connectivity index (χ1n) is 4.82. The van der Waals surface area contributed by atoms with Gasteiger partial charge in [-0.1, -0.05) is 67.0 Å². The molecule has 0 aliphatic carbocycles. The summed E-state index contributed by atoms with van der Waals surface area (Å²) in [4.78, 5) is 0.572. The molecule has 0 fully saturated rings. The summed E-state index contributed by atoms with van der Waals surface area (Å²) in [6.45, 7) is 6.79. The molecule has 0 aliphatic rings. The van der Waals surface area contributed by atoms with Gasteiger partial charge in [0.1, 0.15) is 0 Å². The first-order valence-corrected chi connectivity index (χ1v) is 5.73. The Morgan fingerprint density at radius 1 is 1.00 bits per heavy atom. The second-order valence-corrected chi connectivity index (χ2v) is 5.18. The normalized spacial score (nSPS) is 17.8. The molecule has 1 rings (SSSR count). The van der Waals surface area contributed by atoms with Gasteiger partial charge in [-0.2, -0.15) is 0 Å². The first-order chi connectivity index (χ1) is 6.13. The third-order valence-corrected chi connectivity index (χ3v) is 3.67. The molecule has 1 heteroatoms. The van der Waals surface area contributed by atoms with Gasteiger partial charge in [0.05, 0.1) is 0 Å². The molecule has 0 radical (unpaired) electrons. The monoisotopic (exact) mass is 240 g/mol. The smallest absolute Gasteiger partial charge is 0.0148 e. The Kier molecular flexibility index (Phi) is 3.98. The zero-order chi connectivity index (χ0) is 9.84. The summed E-state index contributed by atoms with van der Waals surface area (Å²) in [6, 6.07) is 10.7. The average molecular weight is 241 g/mol. The average Bonchev–Trinajstić information content (AvgIpc) is 2.17. The lowest BCUT2D eigenvalue weighted by Crippen LogP contribution is -2.14. The Labute approximate surface area is 89.5 Å². The summed E-state index contributed by atoms with van der Waals surface area (Å²) in [5.41, 5.74) is 1.43. The molecule has 0 heterocycles. The Balaban J connectivity index is 2.73. The fraction of sp³-hybridized carbons (Fsp3) is 0.500. The van der Waals surface area contributed by atoms with Crippen LogP contribution in [0, 0.1) is 5.92 Å². The maximum atomic E-state index is 3.64. The van der Waals surface area contributed by atoms with Crippen molar-refractivity contribution in [3.63, 3.8) is 0 Å². The summed E-state index contributed by atoms with van der Waals surface area (Å²) in [5, 5.41) is 0. The predicted octanol–water partition coefficient (Wildman–Crippen LogP) is 4.21. The van der Waals surface area contributed by atoms with Crippen LogP contribution in [0.2, 0.25) is 0 Å². The maximum Gasteiger partial charge on any atom is 0.0148 e. The minimum Gasteiger partial charge on any atom is -0.0891 e. The third kappa shape index (κ3) is 2.84. The number of hydrogen-bond donors (Lipinski definition) is 0. The second kappa shape index (κ2) is 4.80. The van der Waals surface area contributed by atoms with Crippen LogP contribution in [-0.4, -0.2) is 4.83 Å². The molecule has 13 heavy (non-hydrogen) atoms. The molecule has 0 saturated heterocycles. The second-order valence-electron chi connectivity index (χ2n) is 3.74. The number of hydrogen-bond acceptors (Lipinski definition) is 0. The van der Waals surface area contributed by atoms with Crippen molar-refractivity contribution < 1.29 is 0 Å². The van der Waals surface area contributed by atoms with Crippen molar-refractivity contribution in [2.24, 2.45) is 5.92 Å². The lowest BCUT2D eigenvalue weighted by Gasteiger charge is -2.22. The van der Waals surface area contributed by atoms with Gasteiger partial charge in [-0.3, -0.25) is 0 Å². The molecule has 0 N–H and O–H groups in total. The highest BCUT2D eigenvalue weighted by atomic mass is 79.9. The molecule has 1 aromatic carbocycles. The summed E-state index contributed by atoms with van der Waals surface area (Å²) in [7, 11) is 0. The van der Waals surface area contributed by atoms with E-state index in [2.05, 4.69) is 67.0 Å². The Morgan fingerprint density at radius 3 is 2.00 bits per heavy atom. The Morgan fingerprint density at radius 2 is 1.54 bits per heavy atom. The number of rotatable bonds is 3. The molecular weight excluding hydrogens is 224 g/mol. The van der Waals surface area contributed by atoms with Crippen LogP contribution in [0.15, 0.2) is 30.3 Å². The standard InChI is InChI=1S/C12H17Br/c1-9(11(3)13)10(2)12-7-5-4-6-8-12/h4-11H,1-3H3. The van der Waals surface area contributed by atoms with Crippen molar-refractivity contribution in [3.8, 4) is 0 Å². The van der Waals surface area contributed by atoms with Gasteiger partial charge >= 0.3 is 0 Å². The van der Waals surface area contributed by atoms with E-state index in [9.17, 15) is 0 Å². The molecule has 0 spiro atoms. The van der Waals surface area contributed by atoms with Gasteiger partial charge in [0.15, 0.2) is 0 Å². The quantitative estimate of drug-likeness (QED) is 0.695. The molecule has 72 valence electrons. The molecular formula is C12H17Br. The molecule has 0 aliphatic heterocycles. The maximum absolute atomic E-state index is 3.64. The largest absolute Gasteiger partial charge is 0.0891 e. The van der Waals surface area contributed by atoms with Crippen LogP contribution < -0.4 is 0 Å². The van der Waals surface area contributed by atoms with E-state index in [4.69, 9.17) is 0 Å². The number of alkyl halides is 1. The van der Waals surface area contributed by atoms with Gasteiger partial charge < -0.3 is 0 Å². The lowest BCUT2D eigenvalue weighted by atomic mass is 9.87. The fourth-order valence-electron chi connectivity index (χ4n) is 1.46. The topological polar surface area (TPSA) is 0 Å². The highest BCUT2D eigenvalue weighted by Gasteiger charge is 2.17. The number of halogens is 1. The molecule has 0 amide bonds. The van der Waals surface area contributed by atoms with E-state index in [0.29, 0.717) is 16.7 Å². The van der Waals surface area contributed by atoms with Crippen LogP contribution in [0.3, 0.4) is 0 Å². The highest BCUT2D eigenvalue weighted by molar-refractivity contribution is 9.09. The van der Waals surface area contributed by atoms with Crippen molar-refractivity contribution in [1.29, 1.82) is 0 Å². The van der Waals surface area contributed by atoms with E-state index in [-0.39, 0.29) is 0 Å².